The number of esters is 1. The molecule has 2 atom stereocenters. The van der Waals surface area contributed by atoms with Gasteiger partial charge in [-0.25, -0.2) is 0 Å². The predicted octanol–water partition coefficient (Wildman–Crippen LogP) is 3.88. The van der Waals surface area contributed by atoms with E-state index in [1.807, 2.05) is 27.7 Å². The highest BCUT2D eigenvalue weighted by atomic mass is 16.5. The van der Waals surface area contributed by atoms with Crippen LogP contribution in [-0.4, -0.2) is 23.1 Å². The monoisotopic (exact) mass is 286 g/mol. The van der Waals surface area contributed by atoms with E-state index < -0.39 is 22.8 Å². The van der Waals surface area contributed by atoms with Crippen LogP contribution in [0.5, 0.6) is 0 Å². The van der Waals surface area contributed by atoms with E-state index in [4.69, 9.17) is 4.74 Å². The summed E-state index contributed by atoms with van der Waals surface area (Å²) in [5.74, 6) is -1.73. The van der Waals surface area contributed by atoms with Crippen molar-refractivity contribution in [3.05, 3.63) is 0 Å². The average Bonchev–Trinajstić information content (AvgIpc) is 2.23. The topological polar surface area (TPSA) is 63.6 Å². The van der Waals surface area contributed by atoms with Gasteiger partial charge in [0.1, 0.15) is 6.10 Å². The second-order valence-corrected chi connectivity index (χ2v) is 7.48. The molecule has 20 heavy (non-hydrogen) atoms. The quantitative estimate of drug-likeness (QED) is 0.615. The van der Waals surface area contributed by atoms with Gasteiger partial charge in [0.25, 0.3) is 0 Å². The summed E-state index contributed by atoms with van der Waals surface area (Å²) in [5.41, 5.74) is -2.42. The van der Waals surface area contributed by atoms with Crippen LogP contribution in [0.3, 0.4) is 0 Å². The van der Waals surface area contributed by atoms with Crippen molar-refractivity contribution in [2.45, 2.75) is 74.3 Å². The Morgan fingerprint density at radius 3 is 1.70 bits per heavy atom. The molecule has 0 saturated heterocycles. The van der Waals surface area contributed by atoms with Crippen LogP contribution in [-0.2, 0) is 14.3 Å². The van der Waals surface area contributed by atoms with Crippen molar-refractivity contribution in [2.75, 3.05) is 0 Å². The molecule has 0 heterocycles. The van der Waals surface area contributed by atoms with Crippen molar-refractivity contribution in [3.63, 3.8) is 0 Å². The molecule has 0 bridgehead atoms. The molecule has 0 amide bonds. The van der Waals surface area contributed by atoms with E-state index in [1.165, 1.54) is 0 Å². The largest absolute Gasteiger partial charge is 0.480 e. The van der Waals surface area contributed by atoms with Crippen LogP contribution in [0, 0.1) is 16.2 Å². The van der Waals surface area contributed by atoms with E-state index in [2.05, 4.69) is 0 Å². The van der Waals surface area contributed by atoms with Crippen molar-refractivity contribution >= 4 is 11.9 Å². The standard InChI is InChI=1S/C16H30O4/c1-9-11(14(3,4)5)20-13(19)16(10-2,12(17)18)15(6,7)8/h11H,9-10H2,1-8H3,(H,17,18). The van der Waals surface area contributed by atoms with Gasteiger partial charge in [0, 0.05) is 0 Å². The number of rotatable bonds is 5. The zero-order valence-electron chi connectivity index (χ0n) is 14.2. The van der Waals surface area contributed by atoms with Gasteiger partial charge in [0.05, 0.1) is 0 Å². The fourth-order valence-electron chi connectivity index (χ4n) is 2.64. The lowest BCUT2D eigenvalue weighted by atomic mass is 9.64. The average molecular weight is 286 g/mol. The molecule has 0 spiro atoms. The maximum absolute atomic E-state index is 12.6. The third-order valence-electron chi connectivity index (χ3n) is 4.11. The highest BCUT2D eigenvalue weighted by molar-refractivity contribution is 6.00. The first-order valence-electron chi connectivity index (χ1n) is 7.29. The van der Waals surface area contributed by atoms with Gasteiger partial charge < -0.3 is 9.84 Å². The van der Waals surface area contributed by atoms with Crippen molar-refractivity contribution in [3.8, 4) is 0 Å². The molecule has 0 aromatic carbocycles. The highest BCUT2D eigenvalue weighted by Crippen LogP contribution is 2.44. The maximum Gasteiger partial charge on any atom is 0.324 e. The molecule has 0 radical (unpaired) electrons. The maximum atomic E-state index is 12.6. The SMILES string of the molecule is CCC(OC(=O)C(CC)(C(=O)O)C(C)(C)C)C(C)(C)C. The van der Waals surface area contributed by atoms with Crippen molar-refractivity contribution < 1.29 is 19.4 Å². The number of carbonyl (C=O) groups excluding carboxylic acids is 1. The van der Waals surface area contributed by atoms with E-state index in [-0.39, 0.29) is 17.9 Å². The lowest BCUT2D eigenvalue weighted by Crippen LogP contribution is -2.51. The first-order valence-corrected chi connectivity index (χ1v) is 7.29. The first-order chi connectivity index (χ1) is 8.84. The second kappa shape index (κ2) is 6.15. The molecule has 1 N–H and O–H groups in total. The minimum atomic E-state index is -1.51. The van der Waals surface area contributed by atoms with Crippen molar-refractivity contribution in [1.29, 1.82) is 0 Å². The molecule has 118 valence electrons. The Balaban J connectivity index is 5.55. The number of carboxylic acids is 1. The summed E-state index contributed by atoms with van der Waals surface area (Å²) < 4.78 is 5.59. The van der Waals surface area contributed by atoms with Crippen LogP contribution in [0.2, 0.25) is 0 Å². The van der Waals surface area contributed by atoms with Crippen LogP contribution >= 0.6 is 0 Å². The van der Waals surface area contributed by atoms with Gasteiger partial charge in [-0.2, -0.15) is 0 Å². The third-order valence-corrected chi connectivity index (χ3v) is 4.11. The number of hydrogen-bond acceptors (Lipinski definition) is 3. The fourth-order valence-corrected chi connectivity index (χ4v) is 2.64. The molecular weight excluding hydrogens is 256 g/mol. The minimum Gasteiger partial charge on any atom is -0.480 e. The molecule has 0 aromatic heterocycles. The number of aliphatic carboxylic acids is 1. The van der Waals surface area contributed by atoms with Crippen LogP contribution in [0.15, 0.2) is 0 Å². The van der Waals surface area contributed by atoms with E-state index in [1.54, 1.807) is 27.7 Å². The molecule has 4 nitrogen and oxygen atoms in total. The molecule has 0 aliphatic carbocycles. The number of carbonyl (C=O) groups is 2. The van der Waals surface area contributed by atoms with E-state index in [9.17, 15) is 14.7 Å². The molecule has 0 saturated carbocycles. The Morgan fingerprint density at radius 2 is 1.50 bits per heavy atom. The molecule has 0 aromatic rings. The number of ether oxygens (including phenoxy) is 1. The smallest absolute Gasteiger partial charge is 0.324 e. The van der Waals surface area contributed by atoms with Gasteiger partial charge in [-0.05, 0) is 23.7 Å². The second-order valence-electron chi connectivity index (χ2n) is 7.48. The minimum absolute atomic E-state index is 0.208. The summed E-state index contributed by atoms with van der Waals surface area (Å²) in [6.45, 7) is 14.9. The van der Waals surface area contributed by atoms with Crippen LogP contribution in [0.25, 0.3) is 0 Å². The van der Waals surface area contributed by atoms with Gasteiger partial charge in [0.15, 0.2) is 5.41 Å². The summed E-state index contributed by atoms with van der Waals surface area (Å²) in [7, 11) is 0. The Kier molecular flexibility index (Phi) is 5.82. The van der Waals surface area contributed by atoms with E-state index in [0.717, 1.165) is 0 Å². The number of hydrogen-bond donors (Lipinski definition) is 1. The first kappa shape index (κ1) is 18.9. The Labute approximate surface area is 122 Å². The molecule has 0 aliphatic rings. The molecular formula is C16H30O4. The highest BCUT2D eigenvalue weighted by Gasteiger charge is 2.55. The van der Waals surface area contributed by atoms with Gasteiger partial charge in [0.2, 0.25) is 0 Å². The molecule has 0 aliphatic heterocycles. The fraction of sp³-hybridized carbons (Fsp3) is 0.875. The van der Waals surface area contributed by atoms with Crippen molar-refractivity contribution in [2.24, 2.45) is 16.2 Å². The van der Waals surface area contributed by atoms with E-state index in [0.29, 0.717) is 6.42 Å². The van der Waals surface area contributed by atoms with E-state index >= 15 is 0 Å². The summed E-state index contributed by atoms with van der Waals surface area (Å²) in [5, 5.41) is 9.62. The van der Waals surface area contributed by atoms with Gasteiger partial charge in [-0.3, -0.25) is 9.59 Å². The van der Waals surface area contributed by atoms with Gasteiger partial charge in [-0.1, -0.05) is 55.4 Å². The summed E-state index contributed by atoms with van der Waals surface area (Å²) in [6, 6.07) is 0. The lowest BCUT2D eigenvalue weighted by Gasteiger charge is -2.40. The Bertz CT molecular complexity index is 360. The lowest BCUT2D eigenvalue weighted by molar-refractivity contribution is -0.186. The molecule has 4 heteroatoms. The Hall–Kier alpha value is -1.06. The predicted molar refractivity (Wildman–Crippen MR) is 79.4 cm³/mol. The zero-order chi connectivity index (χ0) is 16.4. The van der Waals surface area contributed by atoms with Crippen LogP contribution in [0.1, 0.15) is 68.2 Å². The van der Waals surface area contributed by atoms with Crippen LogP contribution < -0.4 is 0 Å². The zero-order valence-corrected chi connectivity index (χ0v) is 14.2. The summed E-state index contributed by atoms with van der Waals surface area (Å²) >= 11 is 0. The third kappa shape index (κ3) is 3.53. The normalized spacial score (nSPS) is 17.2. The van der Waals surface area contributed by atoms with Crippen LogP contribution in [0.4, 0.5) is 0 Å². The molecule has 0 fully saturated rings. The Morgan fingerprint density at radius 1 is 1.05 bits per heavy atom. The summed E-state index contributed by atoms with van der Waals surface area (Å²) in [4.78, 5) is 24.4. The van der Waals surface area contributed by atoms with Gasteiger partial charge in [-0.15, -0.1) is 0 Å². The van der Waals surface area contributed by atoms with Gasteiger partial charge >= 0.3 is 11.9 Å². The molecule has 0 rings (SSSR count). The van der Waals surface area contributed by atoms with Crippen molar-refractivity contribution in [1.82, 2.24) is 0 Å². The number of carboxylic acid groups (broad SMARTS) is 1. The molecule has 2 unspecified atom stereocenters. The summed E-state index contributed by atoms with van der Waals surface area (Å²) in [6.07, 6.45) is 0.590.